The Labute approximate surface area is 425 Å². The molecule has 2 aliphatic heterocycles. The smallest absolute Gasteiger partial charge is 0.243 e. The lowest BCUT2D eigenvalue weighted by Crippen LogP contribution is -2.43. The van der Waals surface area contributed by atoms with Crippen LogP contribution in [0.2, 0.25) is 0 Å². The van der Waals surface area contributed by atoms with Crippen molar-refractivity contribution in [3.05, 3.63) is 216 Å². The standard InChI is InChI=1S/C57H56FN9O4S2/c58-49-17-22-54(23-18-49)72(68,69)64-33-47-10-4-5-12-56(47)66(35-50-31-60-39-62-50)53(37-64)20-14-42-9-6-11-43(27-42)44-16-24-57-48(28-44)34-65(73(70,71)55-21-15-46-30-59-26-25-45(46)29-55)38-52(19-13-41-7-2-1-3-8-41)67(57)36-51-32-61-40-63-51/h1-3,5-9,11-12,15-18,21-32,39-40,52-53H,4,10,13-14,19-20,33-38H2,(H,60,62)(H,61,63). The second-order valence-electron chi connectivity index (χ2n) is 19.2. The largest absolute Gasteiger partial charge is 0.361 e. The van der Waals surface area contributed by atoms with Crippen molar-refractivity contribution in [2.45, 2.75) is 80.0 Å². The molecule has 3 aliphatic rings. The predicted octanol–water partition coefficient (Wildman–Crippen LogP) is 9.81. The van der Waals surface area contributed by atoms with Crippen molar-refractivity contribution in [3.8, 4) is 11.1 Å². The Hall–Kier alpha value is -7.24. The summed E-state index contributed by atoms with van der Waals surface area (Å²) in [6, 6.07) is 36.9. The lowest BCUT2D eigenvalue weighted by molar-refractivity contribution is 0.215. The van der Waals surface area contributed by atoms with Crippen molar-refractivity contribution in [2.24, 2.45) is 0 Å². The second-order valence-corrected chi connectivity index (χ2v) is 23.1. The van der Waals surface area contributed by atoms with Crippen LogP contribution in [0.1, 0.15) is 53.8 Å². The van der Waals surface area contributed by atoms with Gasteiger partial charge in [-0.05, 0) is 138 Å². The fourth-order valence-electron chi connectivity index (χ4n) is 10.7. The molecular weight excluding hydrogens is 958 g/mol. The normalized spacial score (nSPS) is 17.9. The summed E-state index contributed by atoms with van der Waals surface area (Å²) in [4.78, 5) is 24.4. The topological polar surface area (TPSA) is 151 Å². The molecule has 16 heteroatoms. The Morgan fingerprint density at radius 1 is 0.603 bits per heavy atom. The summed E-state index contributed by atoms with van der Waals surface area (Å²) in [6.07, 6.45) is 19.0. The van der Waals surface area contributed by atoms with Gasteiger partial charge in [-0.15, -0.1) is 0 Å². The predicted molar refractivity (Wildman–Crippen MR) is 281 cm³/mol. The van der Waals surface area contributed by atoms with Crippen LogP contribution < -0.4 is 4.90 Å². The van der Waals surface area contributed by atoms with Crippen molar-refractivity contribution in [1.29, 1.82) is 0 Å². The number of anilines is 1. The zero-order chi connectivity index (χ0) is 49.9. The maximum atomic E-state index is 15.0. The molecule has 13 nitrogen and oxygen atoms in total. The molecule has 1 aliphatic carbocycles. The number of rotatable bonds is 15. The molecule has 0 radical (unpaired) electrons. The molecule has 0 spiro atoms. The zero-order valence-electron chi connectivity index (χ0n) is 40.3. The van der Waals surface area contributed by atoms with Gasteiger partial charge in [0.2, 0.25) is 20.0 Å². The number of H-pyrrole nitrogens is 2. The molecule has 2 N–H and O–H groups in total. The number of halogens is 1. The molecule has 73 heavy (non-hydrogen) atoms. The fraction of sp³-hybridized carbons (Fsp3) is 0.246. The number of aromatic nitrogens is 5. The van der Waals surface area contributed by atoms with Gasteiger partial charge in [0.25, 0.3) is 0 Å². The minimum absolute atomic E-state index is 0.0657. The summed E-state index contributed by atoms with van der Waals surface area (Å²) in [5.41, 5.74) is 9.97. The Morgan fingerprint density at radius 3 is 2.03 bits per heavy atom. The van der Waals surface area contributed by atoms with Crippen molar-refractivity contribution < 1.29 is 21.2 Å². The maximum absolute atomic E-state index is 15.0. The van der Waals surface area contributed by atoms with E-state index in [1.807, 2.05) is 42.7 Å². The number of pyridine rings is 1. The van der Waals surface area contributed by atoms with Crippen LogP contribution in [-0.4, -0.2) is 87.0 Å². The molecule has 2 atom stereocenters. The third-order valence-corrected chi connectivity index (χ3v) is 18.1. The Bertz CT molecular complexity index is 3520. The number of aryl methyl sites for hydroxylation is 2. The van der Waals surface area contributed by atoms with Gasteiger partial charge < -0.3 is 19.8 Å². The van der Waals surface area contributed by atoms with Crippen LogP contribution in [0.25, 0.3) is 21.9 Å². The van der Waals surface area contributed by atoms with Crippen LogP contribution in [0, 0.1) is 5.82 Å². The molecule has 5 heterocycles. The first-order valence-electron chi connectivity index (χ1n) is 24.8. The summed E-state index contributed by atoms with van der Waals surface area (Å²) >= 11 is 0. The molecule has 3 aromatic heterocycles. The lowest BCUT2D eigenvalue weighted by atomic mass is 9.96. The van der Waals surface area contributed by atoms with Gasteiger partial charge in [0.15, 0.2) is 0 Å². The van der Waals surface area contributed by atoms with Crippen molar-refractivity contribution in [2.75, 3.05) is 24.5 Å². The minimum atomic E-state index is -3.99. The first kappa shape index (κ1) is 48.1. The van der Waals surface area contributed by atoms with Gasteiger partial charge in [0.05, 0.1) is 46.9 Å². The highest BCUT2D eigenvalue weighted by Crippen LogP contribution is 2.38. The van der Waals surface area contributed by atoms with E-state index in [1.54, 1.807) is 45.8 Å². The fourth-order valence-corrected chi connectivity index (χ4v) is 13.6. The average Bonchev–Trinajstić information content (AvgIpc) is 4.09. The SMILES string of the molecule is O=S(=O)(c1ccc(F)cc1)N1CC2=C(C=CCC2)N(Cc2cnc[nH]2)C(CCc2cccc(-c3ccc4c(c3)CN(S(=O)(=O)c3ccc5cnccc5c3)CC(CCc3ccccc3)N4Cc3cnc[nH]3)c2)C1. The molecule has 0 saturated carbocycles. The van der Waals surface area contributed by atoms with E-state index in [4.69, 9.17) is 0 Å². The van der Waals surface area contributed by atoms with E-state index in [9.17, 15) is 12.8 Å². The summed E-state index contributed by atoms with van der Waals surface area (Å²) in [6.45, 7) is 1.94. The molecule has 5 aromatic carbocycles. The van der Waals surface area contributed by atoms with Gasteiger partial charge in [0, 0.05) is 79.8 Å². The van der Waals surface area contributed by atoms with Gasteiger partial charge in [-0.2, -0.15) is 8.61 Å². The quantitative estimate of drug-likeness (QED) is 0.102. The number of hydrogen-bond donors (Lipinski definition) is 2. The molecular formula is C57H56FN9O4S2. The van der Waals surface area contributed by atoms with Crippen LogP contribution in [0.5, 0.6) is 0 Å². The number of nitrogens with one attached hydrogen (secondary N) is 2. The number of sulfonamides is 2. The van der Waals surface area contributed by atoms with E-state index in [-0.39, 0.29) is 48.1 Å². The van der Waals surface area contributed by atoms with E-state index in [0.29, 0.717) is 32.4 Å². The highest BCUT2D eigenvalue weighted by atomic mass is 32.2. The Kier molecular flexibility index (Phi) is 13.6. The maximum Gasteiger partial charge on any atom is 0.243 e. The molecule has 2 unspecified atom stereocenters. The molecule has 0 saturated heterocycles. The first-order valence-corrected chi connectivity index (χ1v) is 27.7. The third kappa shape index (κ3) is 10.4. The monoisotopic (exact) mass is 1010 g/mol. The van der Waals surface area contributed by atoms with Gasteiger partial charge in [-0.3, -0.25) is 4.98 Å². The highest BCUT2D eigenvalue weighted by molar-refractivity contribution is 7.89. The second kappa shape index (κ2) is 20.7. The average molecular weight is 1010 g/mol. The van der Waals surface area contributed by atoms with E-state index in [0.717, 1.165) is 80.6 Å². The molecule has 372 valence electrons. The van der Waals surface area contributed by atoms with Crippen molar-refractivity contribution in [3.63, 3.8) is 0 Å². The third-order valence-electron chi connectivity index (χ3n) is 14.5. The van der Waals surface area contributed by atoms with E-state index >= 15 is 8.42 Å². The van der Waals surface area contributed by atoms with Gasteiger partial charge in [0.1, 0.15) is 5.82 Å². The number of imidazole rings is 2. The van der Waals surface area contributed by atoms with Crippen molar-refractivity contribution in [1.82, 2.24) is 38.4 Å². The number of fused-ring (bicyclic) bond motifs is 2. The van der Waals surface area contributed by atoms with Crippen LogP contribution in [0.4, 0.5) is 10.1 Å². The highest BCUT2D eigenvalue weighted by Gasteiger charge is 2.37. The van der Waals surface area contributed by atoms with E-state index in [1.165, 1.54) is 29.8 Å². The van der Waals surface area contributed by atoms with Gasteiger partial charge >= 0.3 is 0 Å². The molecule has 0 amide bonds. The van der Waals surface area contributed by atoms with Crippen LogP contribution in [0.15, 0.2) is 192 Å². The Morgan fingerprint density at radius 2 is 1.27 bits per heavy atom. The first-order chi connectivity index (χ1) is 35.5. The number of aromatic amines is 2. The lowest BCUT2D eigenvalue weighted by Gasteiger charge is -2.35. The number of nitrogens with zero attached hydrogens (tertiary/aromatic N) is 7. The van der Waals surface area contributed by atoms with Crippen LogP contribution in [0.3, 0.4) is 0 Å². The summed E-state index contributed by atoms with van der Waals surface area (Å²) in [5.74, 6) is -0.491. The number of hydrogen-bond acceptors (Lipinski definition) is 9. The Balaban J connectivity index is 0.930. The molecule has 8 aromatic rings. The zero-order valence-corrected chi connectivity index (χ0v) is 41.9. The summed E-state index contributed by atoms with van der Waals surface area (Å²) < 4.78 is 76.1. The van der Waals surface area contributed by atoms with Gasteiger partial charge in [-0.25, -0.2) is 31.2 Å². The van der Waals surface area contributed by atoms with Crippen LogP contribution in [-0.2, 0) is 52.5 Å². The van der Waals surface area contributed by atoms with Gasteiger partial charge in [-0.1, -0.05) is 72.8 Å². The van der Waals surface area contributed by atoms with Crippen molar-refractivity contribution >= 4 is 36.5 Å². The number of benzene rings is 5. The van der Waals surface area contributed by atoms with E-state index in [2.05, 4.69) is 101 Å². The molecule has 0 bridgehead atoms. The minimum Gasteiger partial charge on any atom is -0.361 e. The van der Waals surface area contributed by atoms with E-state index < -0.39 is 25.9 Å². The van der Waals surface area contributed by atoms with Crippen LogP contribution >= 0.6 is 0 Å². The summed E-state index contributed by atoms with van der Waals surface area (Å²) in [5, 5.41) is 1.67. The molecule has 0 fully saturated rings. The molecule has 11 rings (SSSR count). The summed E-state index contributed by atoms with van der Waals surface area (Å²) in [7, 11) is -7.97. The number of allylic oxidation sites excluding steroid dienone is 2.